The van der Waals surface area contributed by atoms with Gasteiger partial charge in [-0.05, 0) is 18.8 Å². The van der Waals surface area contributed by atoms with Gasteiger partial charge in [-0.2, -0.15) is 0 Å². The van der Waals surface area contributed by atoms with E-state index >= 15 is 0 Å². The number of rotatable bonds is 7. The summed E-state index contributed by atoms with van der Waals surface area (Å²) in [6.07, 6.45) is 0.873. The van der Waals surface area contributed by atoms with Gasteiger partial charge in [-0.15, -0.1) is 0 Å². The number of ether oxygens (including phenoxy) is 1. The summed E-state index contributed by atoms with van der Waals surface area (Å²) in [5, 5.41) is 12.9. The van der Waals surface area contributed by atoms with Gasteiger partial charge in [0, 0.05) is 20.2 Å². The molecule has 1 heterocycles. The maximum atomic E-state index is 12.2. The lowest BCUT2D eigenvalue weighted by molar-refractivity contribution is -0.142. The third kappa shape index (κ3) is 3.19. The van der Waals surface area contributed by atoms with Crippen molar-refractivity contribution in [1.29, 1.82) is 0 Å². The van der Waals surface area contributed by atoms with Gasteiger partial charge in [0.15, 0.2) is 0 Å². The molecule has 1 saturated carbocycles. The smallest absolute Gasteiger partial charge is 0.233 e. The molecule has 2 N–H and O–H groups in total. The minimum absolute atomic E-state index is 0.0963. The highest BCUT2D eigenvalue weighted by atomic mass is 16.5. The first-order chi connectivity index (χ1) is 9.54. The maximum Gasteiger partial charge on any atom is 0.233 e. The summed E-state index contributed by atoms with van der Waals surface area (Å²) in [4.78, 5) is 25.7. The Morgan fingerprint density at radius 1 is 1.35 bits per heavy atom. The zero-order valence-electron chi connectivity index (χ0n) is 12.2. The highest BCUT2D eigenvalue weighted by Crippen LogP contribution is 2.42. The molecule has 0 aromatic rings. The maximum absolute atomic E-state index is 12.2. The summed E-state index contributed by atoms with van der Waals surface area (Å²) in [7, 11) is 1.61. The largest absolute Gasteiger partial charge is 0.390 e. The predicted molar refractivity (Wildman–Crippen MR) is 72.9 cm³/mol. The zero-order chi connectivity index (χ0) is 14.7. The van der Waals surface area contributed by atoms with E-state index < -0.39 is 6.10 Å². The van der Waals surface area contributed by atoms with Gasteiger partial charge in [0.2, 0.25) is 11.8 Å². The molecule has 2 amide bonds. The van der Waals surface area contributed by atoms with E-state index in [0.29, 0.717) is 25.6 Å². The van der Waals surface area contributed by atoms with E-state index in [9.17, 15) is 14.7 Å². The number of β-amino-alcohol motifs (C(OH)–C–C–N with tert-alkyl or cyclic N) is 1. The molecule has 1 aliphatic heterocycles. The van der Waals surface area contributed by atoms with E-state index in [1.54, 1.807) is 7.11 Å². The van der Waals surface area contributed by atoms with Crippen LogP contribution in [0, 0.1) is 17.8 Å². The average molecular weight is 284 g/mol. The number of amides is 2. The van der Waals surface area contributed by atoms with E-state index in [2.05, 4.69) is 12.2 Å². The monoisotopic (exact) mass is 284 g/mol. The minimum atomic E-state index is -0.726. The summed E-state index contributed by atoms with van der Waals surface area (Å²) in [6, 6.07) is 0. The second-order valence-electron chi connectivity index (χ2n) is 5.93. The van der Waals surface area contributed by atoms with Crippen molar-refractivity contribution in [3.63, 3.8) is 0 Å². The second-order valence-corrected chi connectivity index (χ2v) is 5.93. The number of aliphatic hydroxyl groups excluding tert-OH is 1. The van der Waals surface area contributed by atoms with Crippen LogP contribution in [0.2, 0.25) is 0 Å². The SMILES string of the molecule is COCCNCC(O)CN1C(=O)C2CC(C)CC2C1=O. The van der Waals surface area contributed by atoms with Gasteiger partial charge in [0.1, 0.15) is 0 Å². The Labute approximate surface area is 119 Å². The first-order valence-electron chi connectivity index (χ1n) is 7.27. The minimum Gasteiger partial charge on any atom is -0.390 e. The molecule has 0 aromatic carbocycles. The number of hydrogen-bond donors (Lipinski definition) is 2. The number of likely N-dealkylation sites (tertiary alicyclic amines) is 1. The number of methoxy groups -OCH3 is 1. The molecule has 0 spiro atoms. The van der Waals surface area contributed by atoms with E-state index in [1.165, 1.54) is 4.90 Å². The highest BCUT2D eigenvalue weighted by Gasteiger charge is 2.51. The van der Waals surface area contributed by atoms with Gasteiger partial charge in [-0.3, -0.25) is 14.5 Å². The van der Waals surface area contributed by atoms with E-state index in [0.717, 1.165) is 12.8 Å². The summed E-state index contributed by atoms with van der Waals surface area (Å²) in [5.74, 6) is -0.0430. The van der Waals surface area contributed by atoms with Crippen LogP contribution >= 0.6 is 0 Å². The fourth-order valence-corrected chi connectivity index (χ4v) is 3.24. The molecule has 2 rings (SSSR count). The molecule has 0 bridgehead atoms. The van der Waals surface area contributed by atoms with Crippen molar-refractivity contribution in [2.24, 2.45) is 17.8 Å². The van der Waals surface area contributed by atoms with E-state index in [1.807, 2.05) is 0 Å². The zero-order valence-corrected chi connectivity index (χ0v) is 12.2. The molecular weight excluding hydrogens is 260 g/mol. The van der Waals surface area contributed by atoms with E-state index in [-0.39, 0.29) is 30.2 Å². The number of fused-ring (bicyclic) bond motifs is 1. The molecule has 20 heavy (non-hydrogen) atoms. The third-order valence-corrected chi connectivity index (χ3v) is 4.22. The summed E-state index contributed by atoms with van der Waals surface area (Å²) in [5.41, 5.74) is 0. The van der Waals surface area contributed by atoms with Crippen molar-refractivity contribution in [2.45, 2.75) is 25.9 Å². The van der Waals surface area contributed by atoms with Crippen molar-refractivity contribution in [3.05, 3.63) is 0 Å². The molecule has 2 fully saturated rings. The van der Waals surface area contributed by atoms with Crippen molar-refractivity contribution in [1.82, 2.24) is 10.2 Å². The molecule has 2 aliphatic rings. The fourth-order valence-electron chi connectivity index (χ4n) is 3.24. The van der Waals surface area contributed by atoms with Crippen molar-refractivity contribution < 1.29 is 19.4 Å². The van der Waals surface area contributed by atoms with Crippen LogP contribution in [-0.2, 0) is 14.3 Å². The van der Waals surface area contributed by atoms with Gasteiger partial charge in [-0.1, -0.05) is 6.92 Å². The number of nitrogens with zero attached hydrogens (tertiary/aromatic N) is 1. The molecule has 0 aromatic heterocycles. The number of carbonyl (C=O) groups excluding carboxylic acids is 2. The number of aliphatic hydroxyl groups is 1. The first kappa shape index (κ1) is 15.4. The Bertz CT molecular complexity index is 350. The topological polar surface area (TPSA) is 78.9 Å². The van der Waals surface area contributed by atoms with Gasteiger partial charge in [-0.25, -0.2) is 0 Å². The van der Waals surface area contributed by atoms with Crippen LogP contribution in [0.25, 0.3) is 0 Å². The van der Waals surface area contributed by atoms with Gasteiger partial charge < -0.3 is 15.2 Å². The molecule has 3 unspecified atom stereocenters. The quantitative estimate of drug-likeness (QED) is 0.492. The van der Waals surface area contributed by atoms with Crippen LogP contribution in [0.1, 0.15) is 19.8 Å². The Morgan fingerprint density at radius 3 is 2.50 bits per heavy atom. The molecule has 3 atom stereocenters. The molecule has 0 radical (unpaired) electrons. The molecule has 6 heteroatoms. The summed E-state index contributed by atoms with van der Waals surface area (Å²) >= 11 is 0. The lowest BCUT2D eigenvalue weighted by atomic mass is 10.00. The lowest BCUT2D eigenvalue weighted by Gasteiger charge is -2.20. The normalized spacial score (nSPS) is 30.9. The van der Waals surface area contributed by atoms with E-state index in [4.69, 9.17) is 4.74 Å². The average Bonchev–Trinajstić information content (AvgIpc) is 2.89. The molecular formula is C14H24N2O4. The van der Waals surface area contributed by atoms with Crippen LogP contribution in [0.4, 0.5) is 0 Å². The van der Waals surface area contributed by atoms with Gasteiger partial charge in [0.25, 0.3) is 0 Å². The molecule has 114 valence electrons. The van der Waals surface area contributed by atoms with Crippen molar-refractivity contribution >= 4 is 11.8 Å². The van der Waals surface area contributed by atoms with Crippen molar-refractivity contribution in [2.75, 3.05) is 33.4 Å². The standard InChI is InChI=1S/C14H24N2O4/c1-9-5-11-12(6-9)14(19)16(13(11)18)8-10(17)7-15-3-4-20-2/h9-12,15,17H,3-8H2,1-2H3. The fraction of sp³-hybridized carbons (Fsp3) is 0.857. The Hall–Kier alpha value is -0.980. The summed E-state index contributed by atoms with van der Waals surface area (Å²) < 4.78 is 4.89. The van der Waals surface area contributed by atoms with Crippen LogP contribution in [0.15, 0.2) is 0 Å². The number of hydrogen-bond acceptors (Lipinski definition) is 5. The van der Waals surface area contributed by atoms with Gasteiger partial charge in [0.05, 0.1) is 31.1 Å². The number of imide groups is 1. The predicted octanol–water partition coefficient (Wildman–Crippen LogP) is -0.386. The summed E-state index contributed by atoms with van der Waals surface area (Å²) in [6.45, 7) is 3.73. The Balaban J connectivity index is 1.81. The Morgan fingerprint density at radius 2 is 1.95 bits per heavy atom. The molecule has 1 saturated heterocycles. The van der Waals surface area contributed by atoms with Gasteiger partial charge >= 0.3 is 0 Å². The first-order valence-corrected chi connectivity index (χ1v) is 7.27. The lowest BCUT2D eigenvalue weighted by Crippen LogP contribution is -2.42. The molecule has 1 aliphatic carbocycles. The van der Waals surface area contributed by atoms with Crippen molar-refractivity contribution in [3.8, 4) is 0 Å². The number of carbonyl (C=O) groups is 2. The van der Waals surface area contributed by atoms with Crippen LogP contribution in [0.5, 0.6) is 0 Å². The highest BCUT2D eigenvalue weighted by molar-refractivity contribution is 6.05. The van der Waals surface area contributed by atoms with Crippen LogP contribution < -0.4 is 5.32 Å². The Kier molecular flexibility index (Phi) is 5.12. The number of nitrogens with one attached hydrogen (secondary N) is 1. The van der Waals surface area contributed by atoms with Crippen LogP contribution in [-0.4, -0.2) is 61.3 Å². The third-order valence-electron chi connectivity index (χ3n) is 4.22. The second kappa shape index (κ2) is 6.65. The van der Waals surface area contributed by atoms with Crippen LogP contribution in [0.3, 0.4) is 0 Å². The molecule has 6 nitrogen and oxygen atoms in total.